The second-order valence-electron chi connectivity index (χ2n) is 7.17. The van der Waals surface area contributed by atoms with Crippen LogP contribution >= 0.6 is 0 Å². The number of carbonyl (C=O) groups is 1. The molecule has 0 unspecified atom stereocenters. The van der Waals surface area contributed by atoms with E-state index >= 15 is 0 Å². The van der Waals surface area contributed by atoms with Gasteiger partial charge in [-0.05, 0) is 77.7 Å². The van der Waals surface area contributed by atoms with E-state index in [1.165, 1.54) is 5.69 Å². The van der Waals surface area contributed by atoms with Gasteiger partial charge in [-0.15, -0.1) is 0 Å². The maximum absolute atomic E-state index is 12.7. The Balaban J connectivity index is 2.01. The Morgan fingerprint density at radius 3 is 2.50 bits per heavy atom. The molecule has 0 saturated heterocycles. The molecule has 0 aliphatic rings. The Kier molecular flexibility index (Phi) is 8.26. The minimum Gasteiger partial charge on any atom is -0.384 e. The molecule has 2 rings (SSSR count). The number of aromatic nitrogens is 1. The Morgan fingerprint density at radius 2 is 1.86 bits per heavy atom. The molecule has 0 atom stereocenters. The van der Waals surface area contributed by atoms with E-state index in [2.05, 4.69) is 65.5 Å². The molecular weight excluding hydrogens is 350 g/mol. The summed E-state index contributed by atoms with van der Waals surface area (Å²) in [6.45, 7) is 10.1. The minimum absolute atomic E-state index is 0.150. The van der Waals surface area contributed by atoms with Gasteiger partial charge in [0.2, 0.25) is 0 Å². The Hall–Kier alpha value is -2.60. The molecule has 0 spiro atoms. The fraction of sp³-hybridized carbons (Fsp3) is 0.455. The first-order valence-electron chi connectivity index (χ1n) is 9.95. The van der Waals surface area contributed by atoms with Crippen LogP contribution < -0.4 is 15.5 Å². The van der Waals surface area contributed by atoms with Crippen LogP contribution in [0, 0.1) is 6.92 Å². The molecule has 0 saturated carbocycles. The standard InChI is InChI=1S/C22H33N5O/c1-6-27(7-2)20-9-10-21(17(3)13-20)25-22(28)18-14-19(16-23-15-18)24-11-8-12-26(4)5/h9-10,13-16,24H,6-8,11-12H2,1-5H3,(H,25,28). The normalized spacial score (nSPS) is 10.8. The fourth-order valence-corrected chi connectivity index (χ4v) is 3.06. The minimum atomic E-state index is -0.150. The van der Waals surface area contributed by atoms with Crippen LogP contribution in [0.1, 0.15) is 36.2 Å². The topological polar surface area (TPSA) is 60.5 Å². The summed E-state index contributed by atoms with van der Waals surface area (Å²) in [6.07, 6.45) is 4.37. The molecule has 1 heterocycles. The van der Waals surface area contributed by atoms with Gasteiger partial charge < -0.3 is 20.4 Å². The summed E-state index contributed by atoms with van der Waals surface area (Å²) in [7, 11) is 4.12. The van der Waals surface area contributed by atoms with Crippen LogP contribution in [0.3, 0.4) is 0 Å². The quantitative estimate of drug-likeness (QED) is 0.610. The van der Waals surface area contributed by atoms with Gasteiger partial charge in [0.1, 0.15) is 0 Å². The van der Waals surface area contributed by atoms with Crippen molar-refractivity contribution in [2.24, 2.45) is 0 Å². The maximum atomic E-state index is 12.7. The van der Waals surface area contributed by atoms with Crippen LogP contribution in [-0.4, -0.2) is 56.1 Å². The molecule has 2 N–H and O–H groups in total. The van der Waals surface area contributed by atoms with Crippen molar-refractivity contribution in [1.29, 1.82) is 0 Å². The molecule has 28 heavy (non-hydrogen) atoms. The number of carbonyl (C=O) groups excluding carboxylic acids is 1. The lowest BCUT2D eigenvalue weighted by Crippen LogP contribution is -2.22. The number of amides is 1. The van der Waals surface area contributed by atoms with Crippen molar-refractivity contribution in [1.82, 2.24) is 9.88 Å². The lowest BCUT2D eigenvalue weighted by Gasteiger charge is -2.22. The van der Waals surface area contributed by atoms with Crippen molar-refractivity contribution in [2.45, 2.75) is 27.2 Å². The van der Waals surface area contributed by atoms with Crippen molar-refractivity contribution in [3.05, 3.63) is 47.8 Å². The number of benzene rings is 1. The average Bonchev–Trinajstić information content (AvgIpc) is 2.68. The first-order valence-corrected chi connectivity index (χ1v) is 9.95. The van der Waals surface area contributed by atoms with Crippen LogP contribution in [0.25, 0.3) is 0 Å². The third-order valence-electron chi connectivity index (χ3n) is 4.70. The van der Waals surface area contributed by atoms with E-state index in [1.54, 1.807) is 12.4 Å². The molecule has 0 bridgehead atoms. The largest absolute Gasteiger partial charge is 0.384 e. The van der Waals surface area contributed by atoms with E-state index in [9.17, 15) is 4.79 Å². The number of nitrogens with zero attached hydrogens (tertiary/aromatic N) is 3. The fourth-order valence-electron chi connectivity index (χ4n) is 3.06. The molecule has 6 heteroatoms. The molecule has 2 aromatic rings. The lowest BCUT2D eigenvalue weighted by molar-refractivity contribution is 0.102. The van der Waals surface area contributed by atoms with E-state index in [0.717, 1.165) is 49.5 Å². The van der Waals surface area contributed by atoms with Crippen molar-refractivity contribution in [3.63, 3.8) is 0 Å². The van der Waals surface area contributed by atoms with Gasteiger partial charge in [-0.25, -0.2) is 0 Å². The van der Waals surface area contributed by atoms with Crippen LogP contribution in [-0.2, 0) is 0 Å². The number of hydrogen-bond donors (Lipinski definition) is 2. The first-order chi connectivity index (χ1) is 13.4. The lowest BCUT2D eigenvalue weighted by atomic mass is 10.1. The van der Waals surface area contributed by atoms with E-state index in [0.29, 0.717) is 5.56 Å². The Labute approximate surface area is 169 Å². The molecular formula is C22H33N5O. The Bertz CT molecular complexity index is 771. The van der Waals surface area contributed by atoms with Crippen LogP contribution in [0.5, 0.6) is 0 Å². The van der Waals surface area contributed by atoms with Crippen LogP contribution in [0.15, 0.2) is 36.7 Å². The number of pyridine rings is 1. The smallest absolute Gasteiger partial charge is 0.257 e. The molecule has 0 fully saturated rings. The molecule has 152 valence electrons. The highest BCUT2D eigenvalue weighted by Gasteiger charge is 2.11. The van der Waals surface area contributed by atoms with Gasteiger partial charge in [0.25, 0.3) is 5.91 Å². The summed E-state index contributed by atoms with van der Waals surface area (Å²) in [5.74, 6) is -0.150. The summed E-state index contributed by atoms with van der Waals surface area (Å²) >= 11 is 0. The molecule has 0 radical (unpaired) electrons. The van der Waals surface area contributed by atoms with Gasteiger partial charge in [-0.3, -0.25) is 9.78 Å². The number of nitrogens with one attached hydrogen (secondary N) is 2. The monoisotopic (exact) mass is 383 g/mol. The van der Waals surface area contributed by atoms with Gasteiger partial charge in [0.15, 0.2) is 0 Å². The van der Waals surface area contributed by atoms with Gasteiger partial charge >= 0.3 is 0 Å². The van der Waals surface area contributed by atoms with Crippen LogP contribution in [0.4, 0.5) is 17.1 Å². The van der Waals surface area contributed by atoms with Crippen molar-refractivity contribution in [2.75, 3.05) is 55.8 Å². The molecule has 6 nitrogen and oxygen atoms in total. The summed E-state index contributed by atoms with van der Waals surface area (Å²) in [5.41, 5.74) is 4.45. The first kappa shape index (κ1) is 21.7. The highest BCUT2D eigenvalue weighted by Crippen LogP contribution is 2.23. The molecule has 1 aromatic carbocycles. The van der Waals surface area contributed by atoms with Crippen molar-refractivity contribution < 1.29 is 4.79 Å². The summed E-state index contributed by atoms with van der Waals surface area (Å²) in [4.78, 5) is 21.3. The molecule has 1 aromatic heterocycles. The zero-order chi connectivity index (χ0) is 20.5. The number of hydrogen-bond acceptors (Lipinski definition) is 5. The molecule has 0 aliphatic carbocycles. The van der Waals surface area contributed by atoms with Gasteiger partial charge in [0, 0.05) is 43.4 Å². The second kappa shape index (κ2) is 10.7. The predicted octanol–water partition coefficient (Wildman–Crippen LogP) is 3.85. The highest BCUT2D eigenvalue weighted by atomic mass is 16.1. The number of aryl methyl sites for hydroxylation is 1. The number of rotatable bonds is 10. The SMILES string of the molecule is CCN(CC)c1ccc(NC(=O)c2cncc(NCCCN(C)C)c2)c(C)c1. The van der Waals surface area contributed by atoms with E-state index in [1.807, 2.05) is 19.1 Å². The van der Waals surface area contributed by atoms with Crippen molar-refractivity contribution >= 4 is 23.0 Å². The zero-order valence-corrected chi connectivity index (χ0v) is 17.7. The zero-order valence-electron chi connectivity index (χ0n) is 17.7. The van der Waals surface area contributed by atoms with E-state index in [4.69, 9.17) is 0 Å². The summed E-state index contributed by atoms with van der Waals surface area (Å²) in [5, 5.41) is 6.33. The highest BCUT2D eigenvalue weighted by molar-refractivity contribution is 6.05. The number of anilines is 3. The third-order valence-corrected chi connectivity index (χ3v) is 4.70. The second-order valence-corrected chi connectivity index (χ2v) is 7.17. The van der Waals surface area contributed by atoms with Gasteiger partial charge in [-0.2, -0.15) is 0 Å². The third kappa shape index (κ3) is 6.23. The molecule has 0 aliphatic heterocycles. The summed E-state index contributed by atoms with van der Waals surface area (Å²) in [6, 6.07) is 7.98. The Morgan fingerprint density at radius 1 is 1.11 bits per heavy atom. The van der Waals surface area contributed by atoms with Crippen LogP contribution in [0.2, 0.25) is 0 Å². The van der Waals surface area contributed by atoms with Gasteiger partial charge in [0.05, 0.1) is 11.3 Å². The molecule has 1 amide bonds. The van der Waals surface area contributed by atoms with E-state index in [-0.39, 0.29) is 5.91 Å². The summed E-state index contributed by atoms with van der Waals surface area (Å²) < 4.78 is 0. The maximum Gasteiger partial charge on any atom is 0.257 e. The van der Waals surface area contributed by atoms with E-state index < -0.39 is 0 Å². The van der Waals surface area contributed by atoms with Crippen molar-refractivity contribution in [3.8, 4) is 0 Å². The predicted molar refractivity (Wildman–Crippen MR) is 119 cm³/mol. The van der Waals surface area contributed by atoms with Gasteiger partial charge in [-0.1, -0.05) is 0 Å². The average molecular weight is 384 g/mol.